The largest absolute Gasteiger partial charge is 0.493 e. The first-order chi connectivity index (χ1) is 10.6. The number of esters is 1. The minimum absolute atomic E-state index is 0.466. The van der Waals surface area contributed by atoms with Crippen LogP contribution in [0, 0.1) is 0 Å². The Bertz CT molecular complexity index is 678. The Morgan fingerprint density at radius 2 is 1.77 bits per heavy atom. The average molecular weight is 363 g/mol. The number of para-hydroxylation sites is 1. The molecular formula is C17H15BrO4. The molecule has 0 atom stereocenters. The van der Waals surface area contributed by atoms with Crippen LogP contribution in [-0.4, -0.2) is 20.2 Å². The van der Waals surface area contributed by atoms with Gasteiger partial charge in [-0.3, -0.25) is 0 Å². The van der Waals surface area contributed by atoms with Crippen molar-refractivity contribution in [3.05, 3.63) is 58.6 Å². The molecule has 0 N–H and O–H groups in total. The van der Waals surface area contributed by atoms with E-state index in [9.17, 15) is 4.79 Å². The summed E-state index contributed by atoms with van der Waals surface area (Å²) < 4.78 is 16.6. The van der Waals surface area contributed by atoms with Crippen molar-refractivity contribution in [1.29, 1.82) is 0 Å². The number of rotatable bonds is 5. The Morgan fingerprint density at radius 3 is 2.41 bits per heavy atom. The number of carbonyl (C=O) groups excluding carboxylic acids is 1. The molecule has 0 bridgehead atoms. The molecule has 0 saturated heterocycles. The summed E-state index contributed by atoms with van der Waals surface area (Å²) in [6.45, 7) is 0. The van der Waals surface area contributed by atoms with E-state index in [1.165, 1.54) is 6.08 Å². The molecule has 114 valence electrons. The Morgan fingerprint density at radius 1 is 1.05 bits per heavy atom. The number of carbonyl (C=O) groups is 1. The van der Waals surface area contributed by atoms with Gasteiger partial charge in [0.1, 0.15) is 5.75 Å². The zero-order valence-corrected chi connectivity index (χ0v) is 13.8. The van der Waals surface area contributed by atoms with Crippen LogP contribution in [0.1, 0.15) is 5.56 Å². The van der Waals surface area contributed by atoms with Gasteiger partial charge in [0.15, 0.2) is 11.5 Å². The van der Waals surface area contributed by atoms with Gasteiger partial charge >= 0.3 is 5.97 Å². The van der Waals surface area contributed by atoms with Gasteiger partial charge in [-0.15, -0.1) is 0 Å². The molecule has 0 unspecified atom stereocenters. The smallest absolute Gasteiger partial charge is 0.336 e. The van der Waals surface area contributed by atoms with Gasteiger partial charge in [-0.2, -0.15) is 0 Å². The number of halogens is 1. The zero-order chi connectivity index (χ0) is 15.9. The molecule has 0 aliphatic rings. The summed E-state index contributed by atoms with van der Waals surface area (Å²) in [5, 5.41) is 0. The van der Waals surface area contributed by atoms with Gasteiger partial charge in [-0.25, -0.2) is 4.79 Å². The van der Waals surface area contributed by atoms with Crippen LogP contribution < -0.4 is 14.2 Å². The normalized spacial score (nSPS) is 10.5. The molecule has 5 heteroatoms. The lowest BCUT2D eigenvalue weighted by atomic mass is 10.1. The second-order valence-electron chi connectivity index (χ2n) is 4.29. The van der Waals surface area contributed by atoms with E-state index < -0.39 is 5.97 Å². The highest BCUT2D eigenvalue weighted by Gasteiger charge is 2.07. The lowest BCUT2D eigenvalue weighted by Gasteiger charge is -2.09. The van der Waals surface area contributed by atoms with Crippen molar-refractivity contribution in [2.24, 2.45) is 0 Å². The quantitative estimate of drug-likeness (QED) is 0.456. The molecule has 0 radical (unpaired) electrons. The number of methoxy groups -OCH3 is 2. The maximum absolute atomic E-state index is 11.8. The molecule has 0 aliphatic carbocycles. The lowest BCUT2D eigenvalue weighted by Crippen LogP contribution is -2.03. The van der Waals surface area contributed by atoms with Gasteiger partial charge in [-0.05, 0) is 36.4 Å². The summed E-state index contributed by atoms with van der Waals surface area (Å²) in [4.78, 5) is 11.8. The van der Waals surface area contributed by atoms with Crippen molar-refractivity contribution >= 4 is 28.0 Å². The minimum Gasteiger partial charge on any atom is -0.493 e. The fourth-order valence-corrected chi connectivity index (χ4v) is 2.12. The summed E-state index contributed by atoms with van der Waals surface area (Å²) in [6, 6.07) is 12.5. The number of hydrogen-bond acceptors (Lipinski definition) is 4. The topological polar surface area (TPSA) is 44.8 Å². The average Bonchev–Trinajstić information content (AvgIpc) is 2.54. The highest BCUT2D eigenvalue weighted by atomic mass is 79.9. The van der Waals surface area contributed by atoms with Crippen LogP contribution in [0.2, 0.25) is 0 Å². The minimum atomic E-state index is -0.466. The van der Waals surface area contributed by atoms with Gasteiger partial charge in [-0.1, -0.05) is 28.1 Å². The van der Waals surface area contributed by atoms with E-state index in [-0.39, 0.29) is 0 Å². The van der Waals surface area contributed by atoms with Crippen LogP contribution in [0.5, 0.6) is 17.2 Å². The van der Waals surface area contributed by atoms with E-state index in [1.54, 1.807) is 50.6 Å². The monoisotopic (exact) mass is 362 g/mol. The first-order valence-corrected chi connectivity index (χ1v) is 7.30. The van der Waals surface area contributed by atoms with E-state index in [0.29, 0.717) is 17.2 Å². The summed E-state index contributed by atoms with van der Waals surface area (Å²) >= 11 is 3.32. The van der Waals surface area contributed by atoms with Gasteiger partial charge < -0.3 is 14.2 Å². The predicted octanol–water partition coefficient (Wildman–Crippen LogP) is 4.09. The van der Waals surface area contributed by atoms with Crippen LogP contribution in [-0.2, 0) is 4.79 Å². The highest BCUT2D eigenvalue weighted by molar-refractivity contribution is 9.10. The van der Waals surface area contributed by atoms with Crippen molar-refractivity contribution < 1.29 is 19.0 Å². The molecule has 2 aromatic carbocycles. The van der Waals surface area contributed by atoms with Crippen molar-refractivity contribution in [3.8, 4) is 17.2 Å². The van der Waals surface area contributed by atoms with Crippen molar-refractivity contribution in [2.45, 2.75) is 0 Å². The molecule has 0 spiro atoms. The summed E-state index contributed by atoms with van der Waals surface area (Å²) in [5.74, 6) is 1.19. The number of hydrogen-bond donors (Lipinski definition) is 0. The first-order valence-electron chi connectivity index (χ1n) is 6.50. The van der Waals surface area contributed by atoms with Crippen LogP contribution in [0.15, 0.2) is 53.0 Å². The van der Waals surface area contributed by atoms with Gasteiger partial charge in [0, 0.05) is 16.1 Å². The SMILES string of the molecule is COc1cccc(/C=C/C(=O)Oc2ccc(Br)cc2)c1OC. The van der Waals surface area contributed by atoms with Crippen LogP contribution in [0.25, 0.3) is 6.08 Å². The van der Waals surface area contributed by atoms with E-state index in [4.69, 9.17) is 14.2 Å². The second kappa shape index (κ2) is 7.66. The van der Waals surface area contributed by atoms with E-state index in [0.717, 1.165) is 10.0 Å². The Labute approximate surface area is 137 Å². The second-order valence-corrected chi connectivity index (χ2v) is 5.21. The van der Waals surface area contributed by atoms with Crippen molar-refractivity contribution in [3.63, 3.8) is 0 Å². The highest BCUT2D eigenvalue weighted by Crippen LogP contribution is 2.31. The van der Waals surface area contributed by atoms with Crippen LogP contribution in [0.4, 0.5) is 0 Å². The predicted molar refractivity (Wildman–Crippen MR) is 88.4 cm³/mol. The zero-order valence-electron chi connectivity index (χ0n) is 12.2. The van der Waals surface area contributed by atoms with Crippen LogP contribution in [0.3, 0.4) is 0 Å². The van der Waals surface area contributed by atoms with Crippen molar-refractivity contribution in [1.82, 2.24) is 0 Å². The maximum atomic E-state index is 11.8. The van der Waals surface area contributed by atoms with E-state index >= 15 is 0 Å². The van der Waals surface area contributed by atoms with Crippen LogP contribution >= 0.6 is 15.9 Å². The standard InChI is InChI=1S/C17H15BrO4/c1-20-15-5-3-4-12(17(15)21-2)6-11-16(19)22-14-9-7-13(18)8-10-14/h3-11H,1-2H3/b11-6+. The third-order valence-corrected chi connectivity index (χ3v) is 3.39. The molecule has 0 saturated carbocycles. The Hall–Kier alpha value is -2.27. The molecule has 0 amide bonds. The van der Waals surface area contributed by atoms with Crippen molar-refractivity contribution in [2.75, 3.05) is 14.2 Å². The number of ether oxygens (including phenoxy) is 3. The molecule has 0 aromatic heterocycles. The molecule has 0 heterocycles. The molecule has 4 nitrogen and oxygen atoms in total. The summed E-state index contributed by atoms with van der Waals surface area (Å²) in [6.07, 6.45) is 2.97. The molecule has 0 fully saturated rings. The Kier molecular flexibility index (Phi) is 5.61. The maximum Gasteiger partial charge on any atom is 0.336 e. The van der Waals surface area contributed by atoms with E-state index in [2.05, 4.69) is 15.9 Å². The fraction of sp³-hybridized carbons (Fsp3) is 0.118. The third-order valence-electron chi connectivity index (χ3n) is 2.86. The molecule has 22 heavy (non-hydrogen) atoms. The lowest BCUT2D eigenvalue weighted by molar-refractivity contribution is -0.128. The molecule has 2 aromatic rings. The van der Waals surface area contributed by atoms with Gasteiger partial charge in [0.05, 0.1) is 14.2 Å². The first kappa shape index (κ1) is 16.1. The van der Waals surface area contributed by atoms with Gasteiger partial charge in [0.25, 0.3) is 0 Å². The molecule has 0 aliphatic heterocycles. The molecular weight excluding hydrogens is 348 g/mol. The van der Waals surface area contributed by atoms with Gasteiger partial charge in [0.2, 0.25) is 0 Å². The third kappa shape index (κ3) is 4.11. The van der Waals surface area contributed by atoms with E-state index in [1.807, 2.05) is 12.1 Å². The molecule has 2 rings (SSSR count). The fourth-order valence-electron chi connectivity index (χ4n) is 1.85. The number of benzene rings is 2. The Balaban J connectivity index is 2.11. The summed E-state index contributed by atoms with van der Waals surface area (Å²) in [7, 11) is 3.11. The summed E-state index contributed by atoms with van der Waals surface area (Å²) in [5.41, 5.74) is 0.731.